The van der Waals surface area contributed by atoms with Gasteiger partial charge in [-0.2, -0.15) is 0 Å². The average Bonchev–Trinajstić information content (AvgIpc) is 3.25. The number of benzene rings is 2. The molecule has 0 aliphatic rings. The number of aryl methyl sites for hydroxylation is 1. The molecular formula is C30H40F2N4O2. The number of rotatable bonds is 12. The van der Waals surface area contributed by atoms with Crippen LogP contribution >= 0.6 is 0 Å². The van der Waals surface area contributed by atoms with E-state index in [0.717, 1.165) is 42.4 Å². The summed E-state index contributed by atoms with van der Waals surface area (Å²) in [5, 5.41) is 17.0. The van der Waals surface area contributed by atoms with E-state index in [-0.39, 0.29) is 24.3 Å². The highest BCUT2D eigenvalue weighted by molar-refractivity contribution is 5.73. The number of aliphatic hydroxyl groups is 1. The number of aromatic nitrogens is 2. The van der Waals surface area contributed by atoms with Gasteiger partial charge in [0.05, 0.1) is 17.8 Å². The molecule has 0 saturated carbocycles. The van der Waals surface area contributed by atoms with Gasteiger partial charge in [-0.3, -0.25) is 4.79 Å². The smallest absolute Gasteiger partial charge is 0.217 e. The van der Waals surface area contributed by atoms with Crippen LogP contribution < -0.4 is 10.6 Å². The van der Waals surface area contributed by atoms with E-state index in [4.69, 9.17) is 0 Å². The molecule has 1 amide bonds. The molecule has 2 atom stereocenters. The summed E-state index contributed by atoms with van der Waals surface area (Å²) in [4.78, 5) is 16.3. The first-order valence-electron chi connectivity index (χ1n) is 13.2. The Morgan fingerprint density at radius 2 is 1.82 bits per heavy atom. The number of amides is 1. The molecule has 0 spiro atoms. The van der Waals surface area contributed by atoms with Crippen LogP contribution in [0.1, 0.15) is 63.6 Å². The van der Waals surface area contributed by atoms with Crippen LogP contribution in [0.5, 0.6) is 0 Å². The first kappa shape index (κ1) is 29.5. The van der Waals surface area contributed by atoms with Crippen LogP contribution in [0.4, 0.5) is 8.78 Å². The minimum atomic E-state index is -0.977. The van der Waals surface area contributed by atoms with Gasteiger partial charge in [-0.05, 0) is 59.6 Å². The summed E-state index contributed by atoms with van der Waals surface area (Å²) in [6.45, 7) is 10.8. The number of nitrogens with one attached hydrogen (secondary N) is 2. The zero-order valence-corrected chi connectivity index (χ0v) is 23.0. The second kappa shape index (κ2) is 13.1. The maximum absolute atomic E-state index is 13.7. The van der Waals surface area contributed by atoms with Crippen molar-refractivity contribution in [2.75, 3.05) is 6.54 Å². The van der Waals surface area contributed by atoms with Gasteiger partial charge in [-0.25, -0.2) is 13.8 Å². The number of aliphatic hydroxyl groups excluding tert-OH is 1. The van der Waals surface area contributed by atoms with Crippen LogP contribution in [0, 0.1) is 17.0 Å². The summed E-state index contributed by atoms with van der Waals surface area (Å²) in [7, 11) is 0. The van der Waals surface area contributed by atoms with Crippen molar-refractivity contribution in [3.63, 3.8) is 0 Å². The summed E-state index contributed by atoms with van der Waals surface area (Å²) in [6.07, 6.45) is 5.66. The lowest BCUT2D eigenvalue weighted by Crippen LogP contribution is -2.48. The van der Waals surface area contributed by atoms with Crippen LogP contribution in [0.3, 0.4) is 0 Å². The lowest BCUT2D eigenvalue weighted by atomic mass is 9.87. The highest BCUT2D eigenvalue weighted by Gasteiger charge is 2.22. The second-order valence-corrected chi connectivity index (χ2v) is 11.2. The Bertz CT molecular complexity index is 1200. The SMILES string of the molecule is CCCc1nccn1-c1ccc(CC(C)(C)C)cc1CNCC(O)C(Cc1cc(F)cc(F)c1)NC(C)=O. The molecule has 3 N–H and O–H groups in total. The molecule has 8 heteroatoms. The molecule has 3 rings (SSSR count). The molecule has 6 nitrogen and oxygen atoms in total. The highest BCUT2D eigenvalue weighted by Crippen LogP contribution is 2.25. The van der Waals surface area contributed by atoms with E-state index in [0.29, 0.717) is 12.1 Å². The standard InChI is InChI=1S/C30H40F2N4O2/c1-6-7-29-34-10-11-36(29)27-9-8-21(17-30(3,4)5)12-23(27)18-33-19-28(38)26(35-20(2)37)15-22-13-24(31)16-25(32)14-22/h8-14,16,26,28,33,38H,6-7,15,17-19H2,1-5H3,(H,35,37). The van der Waals surface area contributed by atoms with Gasteiger partial charge in [0.15, 0.2) is 0 Å². The third-order valence-corrected chi connectivity index (χ3v) is 6.23. The molecule has 3 aromatic rings. The van der Waals surface area contributed by atoms with Crippen molar-refractivity contribution in [2.24, 2.45) is 5.41 Å². The van der Waals surface area contributed by atoms with Gasteiger partial charge in [0, 0.05) is 44.9 Å². The number of carbonyl (C=O) groups is 1. The molecule has 0 radical (unpaired) electrons. The van der Waals surface area contributed by atoms with E-state index in [1.807, 2.05) is 12.4 Å². The summed E-state index contributed by atoms with van der Waals surface area (Å²) in [5.41, 5.74) is 3.81. The van der Waals surface area contributed by atoms with Gasteiger partial charge >= 0.3 is 0 Å². The lowest BCUT2D eigenvalue weighted by Gasteiger charge is -2.25. The molecule has 2 aromatic carbocycles. The molecular weight excluding hydrogens is 486 g/mol. The topological polar surface area (TPSA) is 79.2 Å². The van der Waals surface area contributed by atoms with Crippen LogP contribution in [0.2, 0.25) is 0 Å². The van der Waals surface area contributed by atoms with E-state index in [2.05, 4.69) is 66.1 Å². The maximum Gasteiger partial charge on any atom is 0.217 e. The number of hydrogen-bond acceptors (Lipinski definition) is 4. The fourth-order valence-electron chi connectivity index (χ4n) is 4.72. The van der Waals surface area contributed by atoms with Gasteiger partial charge in [-0.15, -0.1) is 0 Å². The second-order valence-electron chi connectivity index (χ2n) is 11.2. The van der Waals surface area contributed by atoms with Crippen molar-refractivity contribution < 1.29 is 18.7 Å². The molecule has 1 heterocycles. The van der Waals surface area contributed by atoms with Gasteiger partial charge in [0.2, 0.25) is 5.91 Å². The van der Waals surface area contributed by atoms with E-state index >= 15 is 0 Å². The van der Waals surface area contributed by atoms with Crippen molar-refractivity contribution in [2.45, 2.75) is 79.0 Å². The number of carbonyl (C=O) groups excluding carboxylic acids is 1. The minimum Gasteiger partial charge on any atom is -0.390 e. The maximum atomic E-state index is 13.7. The summed E-state index contributed by atoms with van der Waals surface area (Å²) >= 11 is 0. The fourth-order valence-corrected chi connectivity index (χ4v) is 4.72. The Hall–Kier alpha value is -3.10. The summed E-state index contributed by atoms with van der Waals surface area (Å²) < 4.78 is 29.5. The Kier molecular flexibility index (Phi) is 10.2. The van der Waals surface area contributed by atoms with Crippen LogP contribution in [0.25, 0.3) is 5.69 Å². The fraction of sp³-hybridized carbons (Fsp3) is 0.467. The Morgan fingerprint density at radius 1 is 1.11 bits per heavy atom. The average molecular weight is 527 g/mol. The molecule has 0 fully saturated rings. The molecule has 0 aliphatic heterocycles. The number of imidazole rings is 1. The van der Waals surface area contributed by atoms with Crippen LogP contribution in [0.15, 0.2) is 48.8 Å². The minimum absolute atomic E-state index is 0.0961. The first-order chi connectivity index (χ1) is 17.9. The molecule has 1 aromatic heterocycles. The van der Waals surface area contributed by atoms with Crippen molar-refractivity contribution in [1.82, 2.24) is 20.2 Å². The highest BCUT2D eigenvalue weighted by atomic mass is 19.1. The van der Waals surface area contributed by atoms with Gasteiger partial charge in [0.1, 0.15) is 17.5 Å². The number of hydrogen-bond donors (Lipinski definition) is 3. The Balaban J connectivity index is 1.78. The van der Waals surface area contributed by atoms with Crippen molar-refractivity contribution >= 4 is 5.91 Å². The van der Waals surface area contributed by atoms with Crippen LogP contribution in [-0.2, 0) is 30.6 Å². The van der Waals surface area contributed by atoms with E-state index < -0.39 is 23.8 Å². The largest absolute Gasteiger partial charge is 0.390 e. The van der Waals surface area contributed by atoms with Crippen LogP contribution in [-0.4, -0.2) is 39.3 Å². The molecule has 206 valence electrons. The summed E-state index contributed by atoms with van der Waals surface area (Å²) in [5.74, 6) is -0.727. The first-order valence-corrected chi connectivity index (χ1v) is 13.2. The van der Waals surface area contributed by atoms with Gasteiger partial charge in [0.25, 0.3) is 0 Å². The predicted molar refractivity (Wildman–Crippen MR) is 146 cm³/mol. The van der Waals surface area contributed by atoms with Gasteiger partial charge < -0.3 is 20.3 Å². The molecule has 38 heavy (non-hydrogen) atoms. The van der Waals surface area contributed by atoms with E-state index in [1.165, 1.54) is 24.6 Å². The zero-order chi connectivity index (χ0) is 27.9. The normalized spacial score (nSPS) is 13.4. The molecule has 2 unspecified atom stereocenters. The number of nitrogens with zero attached hydrogens (tertiary/aromatic N) is 2. The predicted octanol–water partition coefficient (Wildman–Crippen LogP) is 4.89. The molecule has 0 bridgehead atoms. The van der Waals surface area contributed by atoms with Crippen molar-refractivity contribution in [1.29, 1.82) is 0 Å². The number of halogens is 2. The molecule has 0 aliphatic carbocycles. The lowest BCUT2D eigenvalue weighted by molar-refractivity contribution is -0.120. The monoisotopic (exact) mass is 526 g/mol. The Morgan fingerprint density at radius 3 is 2.45 bits per heavy atom. The third kappa shape index (κ3) is 8.74. The Labute approximate surface area is 224 Å². The quantitative estimate of drug-likeness (QED) is 0.314. The molecule has 0 saturated heterocycles. The van der Waals surface area contributed by atoms with Crippen molar-refractivity contribution in [3.05, 3.63) is 82.9 Å². The zero-order valence-electron chi connectivity index (χ0n) is 23.0. The van der Waals surface area contributed by atoms with Gasteiger partial charge in [-0.1, -0.05) is 39.8 Å². The third-order valence-electron chi connectivity index (χ3n) is 6.23. The van der Waals surface area contributed by atoms with E-state index in [1.54, 1.807) is 0 Å². The van der Waals surface area contributed by atoms with Crippen molar-refractivity contribution in [3.8, 4) is 5.69 Å². The summed E-state index contributed by atoms with van der Waals surface area (Å²) in [6, 6.07) is 8.97. The van der Waals surface area contributed by atoms with E-state index in [9.17, 15) is 18.7 Å².